The Morgan fingerprint density at radius 1 is 1.06 bits per heavy atom. The maximum absolute atomic E-state index is 6.07. The van der Waals surface area contributed by atoms with E-state index in [9.17, 15) is 0 Å². The number of hydrogen-bond acceptors (Lipinski definition) is 6. The van der Waals surface area contributed by atoms with Crippen molar-refractivity contribution in [3.8, 4) is 5.75 Å². The van der Waals surface area contributed by atoms with Crippen molar-refractivity contribution in [2.75, 3.05) is 45.3 Å². The number of rotatable bonds is 8. The number of hydrogen-bond donors (Lipinski definition) is 0. The van der Waals surface area contributed by atoms with E-state index in [4.69, 9.17) is 14.5 Å². The van der Waals surface area contributed by atoms with Gasteiger partial charge in [-0.3, -0.25) is 9.88 Å². The summed E-state index contributed by atoms with van der Waals surface area (Å²) in [5.74, 6) is 1.96. The fourth-order valence-corrected chi connectivity index (χ4v) is 4.12. The van der Waals surface area contributed by atoms with Crippen molar-refractivity contribution >= 4 is 5.82 Å². The van der Waals surface area contributed by atoms with Crippen molar-refractivity contribution in [3.05, 3.63) is 83.3 Å². The van der Waals surface area contributed by atoms with Crippen LogP contribution in [0.2, 0.25) is 0 Å². The molecule has 1 aromatic carbocycles. The molecule has 1 aliphatic rings. The summed E-state index contributed by atoms with van der Waals surface area (Å²) in [6.07, 6.45) is 4.59. The van der Waals surface area contributed by atoms with Gasteiger partial charge in [-0.25, -0.2) is 4.98 Å². The number of ether oxygens (including phenoxy) is 2. The summed E-state index contributed by atoms with van der Waals surface area (Å²) in [6, 6.07) is 16.6. The van der Waals surface area contributed by atoms with Crippen LogP contribution < -0.4 is 9.64 Å². The van der Waals surface area contributed by atoms with Crippen LogP contribution in [0, 0.1) is 0 Å². The average molecular weight is 433 g/mol. The van der Waals surface area contributed by atoms with E-state index in [2.05, 4.69) is 39.0 Å². The average Bonchev–Trinajstić information content (AvgIpc) is 2.81. The molecule has 2 aromatic heterocycles. The summed E-state index contributed by atoms with van der Waals surface area (Å²) < 4.78 is 11.8. The first-order chi connectivity index (χ1) is 15.6. The second-order valence-electron chi connectivity index (χ2n) is 8.28. The summed E-state index contributed by atoms with van der Waals surface area (Å²) in [5, 5.41) is 0. The third kappa shape index (κ3) is 5.44. The van der Waals surface area contributed by atoms with Crippen molar-refractivity contribution in [2.45, 2.75) is 26.0 Å². The molecule has 1 unspecified atom stereocenters. The Morgan fingerprint density at radius 2 is 1.91 bits per heavy atom. The van der Waals surface area contributed by atoms with Crippen LogP contribution in [0.25, 0.3) is 0 Å². The zero-order chi connectivity index (χ0) is 22.3. The highest BCUT2D eigenvalue weighted by atomic mass is 16.5. The van der Waals surface area contributed by atoms with Crippen LogP contribution in [0.5, 0.6) is 5.75 Å². The van der Waals surface area contributed by atoms with Crippen molar-refractivity contribution in [2.24, 2.45) is 0 Å². The molecule has 1 aliphatic heterocycles. The first-order valence-corrected chi connectivity index (χ1v) is 11.2. The first kappa shape index (κ1) is 22.2. The van der Waals surface area contributed by atoms with Crippen LogP contribution in [0.15, 0.2) is 60.9 Å². The molecular formula is C26H32N4O2. The molecule has 32 heavy (non-hydrogen) atoms. The molecule has 6 heteroatoms. The van der Waals surface area contributed by atoms with E-state index in [1.54, 1.807) is 0 Å². The van der Waals surface area contributed by atoms with Crippen molar-refractivity contribution in [3.63, 3.8) is 0 Å². The van der Waals surface area contributed by atoms with Crippen molar-refractivity contribution < 1.29 is 9.47 Å². The highest BCUT2D eigenvalue weighted by Crippen LogP contribution is 2.25. The van der Waals surface area contributed by atoms with E-state index in [1.807, 2.05) is 57.7 Å². The van der Waals surface area contributed by atoms with Crippen LogP contribution in [0.4, 0.5) is 5.82 Å². The highest BCUT2D eigenvalue weighted by Gasteiger charge is 2.24. The van der Waals surface area contributed by atoms with E-state index in [-0.39, 0.29) is 6.10 Å². The Labute approximate surface area is 190 Å². The minimum atomic E-state index is -0.0204. The Bertz CT molecular complexity index is 1010. The smallest absolute Gasteiger partial charge is 0.132 e. The van der Waals surface area contributed by atoms with E-state index in [0.29, 0.717) is 13.2 Å². The minimum absolute atomic E-state index is 0.0204. The van der Waals surface area contributed by atoms with Gasteiger partial charge in [0.1, 0.15) is 17.7 Å². The van der Waals surface area contributed by atoms with Gasteiger partial charge in [0, 0.05) is 58.1 Å². The van der Waals surface area contributed by atoms with Crippen LogP contribution in [0.3, 0.4) is 0 Å². The van der Waals surface area contributed by atoms with Gasteiger partial charge >= 0.3 is 0 Å². The Balaban J connectivity index is 1.41. The first-order valence-electron chi connectivity index (χ1n) is 11.2. The van der Waals surface area contributed by atoms with E-state index >= 15 is 0 Å². The van der Waals surface area contributed by atoms with Gasteiger partial charge < -0.3 is 14.4 Å². The standard InChI is InChI=1S/C26H32N4O2/c1-4-31-24-10-6-5-8-21(24)16-20-11-12-23(28-17-20)25-19-30(14-15-32-25)18-22-9-7-13-27-26(22)29(2)3/h5-13,17,25H,4,14-16,18-19H2,1-3H3. The van der Waals surface area contributed by atoms with Gasteiger partial charge in [-0.2, -0.15) is 0 Å². The molecule has 0 aliphatic carbocycles. The van der Waals surface area contributed by atoms with E-state index in [1.165, 1.54) is 16.7 Å². The van der Waals surface area contributed by atoms with Gasteiger partial charge in [-0.15, -0.1) is 0 Å². The summed E-state index contributed by atoms with van der Waals surface area (Å²) in [5.41, 5.74) is 4.56. The number of para-hydroxylation sites is 1. The molecule has 0 amide bonds. The predicted octanol–water partition coefficient (Wildman–Crippen LogP) is 4.11. The zero-order valence-corrected chi connectivity index (χ0v) is 19.2. The maximum atomic E-state index is 6.07. The maximum Gasteiger partial charge on any atom is 0.132 e. The number of anilines is 1. The second kappa shape index (κ2) is 10.6. The lowest BCUT2D eigenvalue weighted by atomic mass is 10.0. The number of aromatic nitrogens is 2. The molecule has 6 nitrogen and oxygen atoms in total. The fraction of sp³-hybridized carbons (Fsp3) is 0.385. The third-order valence-electron chi connectivity index (χ3n) is 5.68. The minimum Gasteiger partial charge on any atom is -0.494 e. The molecule has 0 radical (unpaired) electrons. The van der Waals surface area contributed by atoms with E-state index < -0.39 is 0 Å². The van der Waals surface area contributed by atoms with Crippen molar-refractivity contribution in [1.29, 1.82) is 0 Å². The van der Waals surface area contributed by atoms with Crippen LogP contribution in [-0.2, 0) is 17.7 Å². The zero-order valence-electron chi connectivity index (χ0n) is 19.2. The van der Waals surface area contributed by atoms with Gasteiger partial charge in [0.2, 0.25) is 0 Å². The molecule has 168 valence electrons. The Morgan fingerprint density at radius 3 is 2.69 bits per heavy atom. The molecule has 1 atom stereocenters. The van der Waals surface area contributed by atoms with E-state index in [0.717, 1.165) is 43.3 Å². The van der Waals surface area contributed by atoms with Crippen LogP contribution in [0.1, 0.15) is 35.4 Å². The molecule has 0 saturated carbocycles. The lowest BCUT2D eigenvalue weighted by Crippen LogP contribution is -2.38. The molecule has 1 saturated heterocycles. The van der Waals surface area contributed by atoms with Gasteiger partial charge in [0.25, 0.3) is 0 Å². The molecule has 0 bridgehead atoms. The monoisotopic (exact) mass is 432 g/mol. The number of pyridine rings is 2. The summed E-state index contributed by atoms with van der Waals surface area (Å²) in [6.45, 7) is 5.96. The number of benzene rings is 1. The highest BCUT2D eigenvalue weighted by molar-refractivity contribution is 5.45. The fourth-order valence-electron chi connectivity index (χ4n) is 4.12. The normalized spacial score (nSPS) is 16.7. The molecule has 3 aromatic rings. The van der Waals surface area contributed by atoms with Crippen molar-refractivity contribution in [1.82, 2.24) is 14.9 Å². The quantitative estimate of drug-likeness (QED) is 0.534. The Kier molecular flexibility index (Phi) is 7.35. The largest absolute Gasteiger partial charge is 0.494 e. The number of morpholine rings is 1. The molecular weight excluding hydrogens is 400 g/mol. The summed E-state index contributed by atoms with van der Waals surface area (Å²) in [7, 11) is 4.07. The van der Waals surface area contributed by atoms with Gasteiger partial charge in [-0.05, 0) is 36.2 Å². The third-order valence-corrected chi connectivity index (χ3v) is 5.68. The van der Waals surface area contributed by atoms with Crippen LogP contribution >= 0.6 is 0 Å². The van der Waals surface area contributed by atoms with Crippen LogP contribution in [-0.4, -0.2) is 55.3 Å². The lowest BCUT2D eigenvalue weighted by molar-refractivity contribution is -0.0349. The predicted molar refractivity (Wildman–Crippen MR) is 127 cm³/mol. The Hall–Kier alpha value is -2.96. The lowest BCUT2D eigenvalue weighted by Gasteiger charge is -2.33. The van der Waals surface area contributed by atoms with Gasteiger partial charge in [0.15, 0.2) is 0 Å². The van der Waals surface area contributed by atoms with Gasteiger partial charge in [0.05, 0.1) is 18.9 Å². The SMILES string of the molecule is CCOc1ccccc1Cc1ccc(C2CN(Cc3cccnc3N(C)C)CCO2)nc1. The molecule has 1 fully saturated rings. The van der Waals surface area contributed by atoms with Gasteiger partial charge in [-0.1, -0.05) is 30.3 Å². The topological polar surface area (TPSA) is 50.7 Å². The molecule has 3 heterocycles. The molecule has 0 spiro atoms. The molecule has 0 N–H and O–H groups in total. The summed E-state index contributed by atoms with van der Waals surface area (Å²) in [4.78, 5) is 13.8. The number of nitrogens with zero attached hydrogens (tertiary/aromatic N) is 4. The second-order valence-corrected chi connectivity index (χ2v) is 8.28. The molecule has 4 rings (SSSR count). The summed E-state index contributed by atoms with van der Waals surface area (Å²) >= 11 is 0.